The summed E-state index contributed by atoms with van der Waals surface area (Å²) in [7, 11) is 0. The number of rotatable bonds is 7. The lowest BCUT2D eigenvalue weighted by molar-refractivity contribution is -0.178. The third kappa shape index (κ3) is 4.65. The largest absolute Gasteiger partial charge is 0.457 e. The first-order chi connectivity index (χ1) is 16.4. The zero-order chi connectivity index (χ0) is 23.9. The molecule has 1 aromatic heterocycles. The molecule has 184 valence electrons. The highest BCUT2D eigenvalue weighted by atomic mass is 35.5. The Kier molecular flexibility index (Phi) is 7.00. The number of Topliss-reactive ketones (excluding diaryl/α,β-unsaturated/α-hetero) is 1. The van der Waals surface area contributed by atoms with Gasteiger partial charge in [-0.15, -0.1) is 0 Å². The van der Waals surface area contributed by atoms with Gasteiger partial charge in [-0.1, -0.05) is 61.9 Å². The first-order valence-electron chi connectivity index (χ1n) is 13.0. The number of aromatic nitrogens is 2. The van der Waals surface area contributed by atoms with Gasteiger partial charge in [0.15, 0.2) is 16.2 Å². The molecule has 0 spiro atoms. The highest BCUT2D eigenvalue weighted by molar-refractivity contribution is 8.01. The van der Waals surface area contributed by atoms with Crippen LogP contribution in [0.5, 0.6) is 0 Å². The van der Waals surface area contributed by atoms with Crippen molar-refractivity contribution < 1.29 is 14.3 Å². The SMILES string of the molecule is CC(C)n1c(SC2C(=O)CC(CCC3CCCC3)(C3CCCC3)OC2=O)nc2cc(Cl)ccc21. The van der Waals surface area contributed by atoms with E-state index in [-0.39, 0.29) is 17.8 Å². The second kappa shape index (κ2) is 9.85. The molecule has 1 aliphatic heterocycles. The van der Waals surface area contributed by atoms with E-state index in [1.54, 1.807) is 0 Å². The van der Waals surface area contributed by atoms with Gasteiger partial charge in [-0.2, -0.15) is 0 Å². The number of ether oxygens (including phenoxy) is 1. The van der Waals surface area contributed by atoms with Crippen LogP contribution < -0.4 is 0 Å². The van der Waals surface area contributed by atoms with Gasteiger partial charge in [-0.3, -0.25) is 9.59 Å². The molecular formula is C27H35ClN2O3S. The summed E-state index contributed by atoms with van der Waals surface area (Å²) in [5.41, 5.74) is 1.13. The van der Waals surface area contributed by atoms with Crippen molar-refractivity contribution in [3.05, 3.63) is 23.2 Å². The van der Waals surface area contributed by atoms with Crippen LogP contribution in [0.25, 0.3) is 11.0 Å². The Bertz CT molecular complexity index is 1050. The van der Waals surface area contributed by atoms with E-state index in [1.165, 1.54) is 50.3 Å². The van der Waals surface area contributed by atoms with Crippen LogP contribution in [-0.2, 0) is 14.3 Å². The maximum Gasteiger partial charge on any atom is 0.327 e. The van der Waals surface area contributed by atoms with Crippen LogP contribution in [-0.4, -0.2) is 32.2 Å². The van der Waals surface area contributed by atoms with Crippen LogP contribution in [0.1, 0.15) is 90.5 Å². The summed E-state index contributed by atoms with van der Waals surface area (Å²) < 4.78 is 8.41. The zero-order valence-electron chi connectivity index (χ0n) is 20.2. The Morgan fingerprint density at radius 3 is 2.53 bits per heavy atom. The molecule has 2 aliphatic carbocycles. The summed E-state index contributed by atoms with van der Waals surface area (Å²) in [5, 5.41) is 0.432. The third-order valence-electron chi connectivity index (χ3n) is 8.19. The fourth-order valence-corrected chi connectivity index (χ4v) is 7.74. The average Bonchev–Trinajstić information content (AvgIpc) is 3.55. The lowest BCUT2D eigenvalue weighted by Crippen LogP contribution is -2.53. The van der Waals surface area contributed by atoms with E-state index < -0.39 is 10.9 Å². The topological polar surface area (TPSA) is 61.2 Å². The summed E-state index contributed by atoms with van der Waals surface area (Å²) in [6.45, 7) is 4.16. The standard InChI is InChI=1S/C27H35ClN2O3S/c1-17(2)30-22-12-11-20(28)15-21(22)29-26(30)34-24-23(31)16-27(33-25(24)32,19-9-5-6-10-19)14-13-18-7-3-4-8-18/h11-12,15,17-19,24H,3-10,13-14,16H2,1-2H3. The highest BCUT2D eigenvalue weighted by Gasteiger charge is 2.52. The average molecular weight is 503 g/mol. The monoisotopic (exact) mass is 502 g/mol. The molecule has 0 amide bonds. The van der Waals surface area contributed by atoms with E-state index in [9.17, 15) is 9.59 Å². The maximum atomic E-state index is 13.5. The van der Waals surface area contributed by atoms with Crippen molar-refractivity contribution in [2.75, 3.05) is 0 Å². The van der Waals surface area contributed by atoms with Crippen molar-refractivity contribution in [1.82, 2.24) is 9.55 Å². The Labute approximate surface area is 211 Å². The van der Waals surface area contributed by atoms with Crippen molar-refractivity contribution in [2.24, 2.45) is 11.8 Å². The number of ketones is 1. The fourth-order valence-electron chi connectivity index (χ4n) is 6.43. The van der Waals surface area contributed by atoms with Gasteiger partial charge in [0, 0.05) is 17.5 Å². The van der Waals surface area contributed by atoms with E-state index >= 15 is 0 Å². The number of carbonyl (C=O) groups is 2. The Morgan fingerprint density at radius 2 is 1.85 bits per heavy atom. The summed E-state index contributed by atoms with van der Waals surface area (Å²) >= 11 is 7.42. The molecule has 1 aromatic carbocycles. The van der Waals surface area contributed by atoms with Crippen molar-refractivity contribution in [3.63, 3.8) is 0 Å². The molecular weight excluding hydrogens is 468 g/mol. The van der Waals surface area contributed by atoms with E-state index in [4.69, 9.17) is 21.3 Å². The number of thioether (sulfide) groups is 1. The molecule has 3 aliphatic rings. The fraction of sp³-hybridized carbons (Fsp3) is 0.667. The minimum atomic E-state index is -0.856. The van der Waals surface area contributed by atoms with E-state index in [1.807, 2.05) is 18.2 Å². The van der Waals surface area contributed by atoms with Gasteiger partial charge in [0.1, 0.15) is 5.60 Å². The summed E-state index contributed by atoms with van der Waals surface area (Å²) in [4.78, 5) is 31.7. The normalized spacial score (nSPS) is 26.8. The lowest BCUT2D eigenvalue weighted by atomic mass is 9.75. The molecule has 0 radical (unpaired) electrons. The molecule has 2 heterocycles. The summed E-state index contributed by atoms with van der Waals surface area (Å²) in [5.74, 6) is 0.659. The predicted octanol–water partition coefficient (Wildman–Crippen LogP) is 7.15. The highest BCUT2D eigenvalue weighted by Crippen LogP contribution is 2.47. The molecule has 5 rings (SSSR count). The Morgan fingerprint density at radius 1 is 1.15 bits per heavy atom. The molecule has 2 saturated carbocycles. The number of benzene rings is 1. The lowest BCUT2D eigenvalue weighted by Gasteiger charge is -2.43. The van der Waals surface area contributed by atoms with Gasteiger partial charge in [-0.05, 0) is 69.6 Å². The second-order valence-corrected chi connectivity index (χ2v) is 12.3. The minimum Gasteiger partial charge on any atom is -0.457 e. The number of cyclic esters (lactones) is 1. The van der Waals surface area contributed by atoms with Gasteiger partial charge in [0.05, 0.1) is 11.0 Å². The molecule has 2 atom stereocenters. The van der Waals surface area contributed by atoms with Crippen molar-refractivity contribution in [3.8, 4) is 0 Å². The Balaban J connectivity index is 1.38. The van der Waals surface area contributed by atoms with Gasteiger partial charge < -0.3 is 9.30 Å². The van der Waals surface area contributed by atoms with Crippen molar-refractivity contribution >= 4 is 46.1 Å². The molecule has 0 bridgehead atoms. The minimum absolute atomic E-state index is 0.0000309. The molecule has 34 heavy (non-hydrogen) atoms. The molecule has 2 unspecified atom stereocenters. The number of nitrogens with zero attached hydrogens (tertiary/aromatic N) is 2. The smallest absolute Gasteiger partial charge is 0.327 e. The van der Waals surface area contributed by atoms with Gasteiger partial charge in [0.25, 0.3) is 0 Å². The van der Waals surface area contributed by atoms with Gasteiger partial charge in [-0.25, -0.2) is 4.98 Å². The number of imidazole rings is 1. The quantitative estimate of drug-likeness (QED) is 0.297. The van der Waals surface area contributed by atoms with E-state index in [0.29, 0.717) is 22.5 Å². The summed E-state index contributed by atoms with van der Waals surface area (Å²) in [6, 6.07) is 5.75. The molecule has 3 fully saturated rings. The molecule has 1 saturated heterocycles. The van der Waals surface area contributed by atoms with Gasteiger partial charge >= 0.3 is 5.97 Å². The summed E-state index contributed by atoms with van der Waals surface area (Å²) in [6.07, 6.45) is 11.9. The number of hydrogen-bond donors (Lipinski definition) is 0. The maximum absolute atomic E-state index is 13.5. The third-order valence-corrected chi connectivity index (χ3v) is 9.62. The van der Waals surface area contributed by atoms with Crippen molar-refractivity contribution in [2.45, 2.75) is 107 Å². The predicted molar refractivity (Wildman–Crippen MR) is 136 cm³/mol. The van der Waals surface area contributed by atoms with Crippen LogP contribution in [0.3, 0.4) is 0 Å². The molecule has 7 heteroatoms. The first-order valence-corrected chi connectivity index (χ1v) is 14.2. The number of carbonyl (C=O) groups excluding carboxylic acids is 2. The number of halogens is 1. The molecule has 5 nitrogen and oxygen atoms in total. The molecule has 2 aromatic rings. The first kappa shape index (κ1) is 24.2. The van der Waals surface area contributed by atoms with Crippen LogP contribution in [0.4, 0.5) is 0 Å². The number of hydrogen-bond acceptors (Lipinski definition) is 5. The van der Waals surface area contributed by atoms with Gasteiger partial charge in [0.2, 0.25) is 0 Å². The van der Waals surface area contributed by atoms with Crippen LogP contribution in [0, 0.1) is 11.8 Å². The van der Waals surface area contributed by atoms with Crippen LogP contribution in [0.2, 0.25) is 5.02 Å². The second-order valence-electron chi connectivity index (χ2n) is 10.8. The Hall–Kier alpha value is -1.53. The van der Waals surface area contributed by atoms with Crippen LogP contribution in [0.15, 0.2) is 23.4 Å². The van der Waals surface area contributed by atoms with Crippen molar-refractivity contribution in [1.29, 1.82) is 0 Å². The zero-order valence-corrected chi connectivity index (χ0v) is 21.8. The van der Waals surface area contributed by atoms with E-state index in [2.05, 4.69) is 18.4 Å². The van der Waals surface area contributed by atoms with E-state index in [0.717, 1.165) is 42.6 Å². The molecule has 0 N–H and O–H groups in total. The van der Waals surface area contributed by atoms with Crippen LogP contribution >= 0.6 is 23.4 Å². The number of fused-ring (bicyclic) bond motifs is 1. The number of esters is 1.